The van der Waals surface area contributed by atoms with Crippen LogP contribution in [-0.2, 0) is 5.41 Å². The SMILES string of the molecule is CC(C)(C)c1cc2c3c(c1)N(c1c(-c4ccccc4)cc(-c4ccccc4)cc1-c1ccccc1)c1cc(-n4c5ccc(-c6cccc7ccccc67)cc5c5ccc6ccccc6c54)ccc1B3c1ccc(-n3c4ccc(-c5cccc6ccccc56)cc4c4ccc5ccccc5c43)cc1N2c1c(-c2ccccc2)cc(-c2ccccc2)cc1-c1ccccc1. The van der Waals surface area contributed by atoms with Crippen LogP contribution in [0.15, 0.2) is 449 Å². The van der Waals surface area contributed by atoms with E-state index in [0.717, 1.165) is 123 Å². The number of rotatable bonds is 12. The summed E-state index contributed by atoms with van der Waals surface area (Å²) in [5, 5.41) is 14.5. The van der Waals surface area contributed by atoms with Gasteiger partial charge in [-0.2, -0.15) is 0 Å². The maximum atomic E-state index is 2.75. The molecular formula is C122H83BN4. The van der Waals surface area contributed by atoms with E-state index in [1.54, 1.807) is 0 Å². The first-order valence-electron chi connectivity index (χ1n) is 44.3. The number of hydrogen-bond acceptors (Lipinski definition) is 2. The van der Waals surface area contributed by atoms with Crippen LogP contribution in [0.4, 0.5) is 34.1 Å². The first-order valence-corrected chi connectivity index (χ1v) is 44.3. The molecule has 21 aromatic carbocycles. The Labute approximate surface area is 738 Å². The number of benzene rings is 21. The molecule has 0 N–H and O–H groups in total. The van der Waals surface area contributed by atoms with E-state index in [4.69, 9.17) is 0 Å². The molecule has 0 amide bonds. The van der Waals surface area contributed by atoms with Crippen molar-refractivity contribution in [1.82, 2.24) is 9.13 Å². The Hall–Kier alpha value is -16.1. The van der Waals surface area contributed by atoms with E-state index < -0.39 is 5.41 Å². The fourth-order valence-electron chi connectivity index (χ4n) is 21.2. The highest BCUT2D eigenvalue weighted by Gasteiger charge is 2.47. The molecule has 0 spiro atoms. The molecule has 0 radical (unpaired) electrons. The molecule has 0 saturated heterocycles. The molecule has 0 fully saturated rings. The molecule has 0 aliphatic carbocycles. The van der Waals surface area contributed by atoms with E-state index in [2.05, 4.69) is 489 Å². The molecule has 2 aliphatic rings. The Balaban J connectivity index is 0.839. The van der Waals surface area contributed by atoms with Gasteiger partial charge in [-0.25, -0.2) is 0 Å². The van der Waals surface area contributed by atoms with Crippen molar-refractivity contribution in [1.29, 1.82) is 0 Å². The fourth-order valence-corrected chi connectivity index (χ4v) is 21.2. The van der Waals surface area contributed by atoms with Gasteiger partial charge in [0.15, 0.2) is 0 Å². The fraction of sp³-hybridized carbons (Fsp3) is 0.0328. The highest BCUT2D eigenvalue weighted by molar-refractivity contribution is 7.00. The van der Waals surface area contributed by atoms with Gasteiger partial charge in [-0.3, -0.25) is 0 Å². The second kappa shape index (κ2) is 29.3. The Morgan fingerprint density at radius 1 is 0.205 bits per heavy atom. The summed E-state index contributed by atoms with van der Waals surface area (Å²) < 4.78 is 5.19. The zero-order valence-electron chi connectivity index (χ0n) is 70.6. The van der Waals surface area contributed by atoms with Crippen LogP contribution in [0.5, 0.6) is 0 Å². The number of hydrogen-bond donors (Lipinski definition) is 0. The van der Waals surface area contributed by atoms with Gasteiger partial charge < -0.3 is 18.9 Å². The molecule has 0 saturated carbocycles. The lowest BCUT2D eigenvalue weighted by Gasteiger charge is -2.46. The summed E-state index contributed by atoms with van der Waals surface area (Å²) in [5.74, 6) is 0. The average molecular weight is 1620 g/mol. The Morgan fingerprint density at radius 2 is 0.528 bits per heavy atom. The van der Waals surface area contributed by atoms with Gasteiger partial charge in [-0.1, -0.05) is 385 Å². The van der Waals surface area contributed by atoms with Crippen LogP contribution in [0.25, 0.3) is 187 Å². The van der Waals surface area contributed by atoms with Gasteiger partial charge in [0.05, 0.1) is 33.4 Å². The zero-order valence-corrected chi connectivity index (χ0v) is 70.6. The largest absolute Gasteiger partial charge is 0.310 e. The van der Waals surface area contributed by atoms with E-state index in [-0.39, 0.29) is 6.71 Å². The number of nitrogens with zero attached hydrogens (tertiary/aromatic N) is 4. The number of fused-ring (bicyclic) bond motifs is 16. The highest BCUT2D eigenvalue weighted by atomic mass is 15.2. The normalized spacial score (nSPS) is 12.5. The average Bonchev–Trinajstić information content (AvgIpc) is 1.63. The van der Waals surface area contributed by atoms with Crippen molar-refractivity contribution in [3.05, 3.63) is 454 Å². The predicted molar refractivity (Wildman–Crippen MR) is 541 cm³/mol. The lowest BCUT2D eigenvalue weighted by atomic mass is 9.33. The van der Waals surface area contributed by atoms with E-state index in [9.17, 15) is 0 Å². The zero-order chi connectivity index (χ0) is 84.1. The van der Waals surface area contributed by atoms with Crippen LogP contribution >= 0.6 is 0 Å². The van der Waals surface area contributed by atoms with Crippen LogP contribution in [-0.4, -0.2) is 15.8 Å². The first-order chi connectivity index (χ1) is 62.7. The van der Waals surface area contributed by atoms with Gasteiger partial charge >= 0.3 is 0 Å². The van der Waals surface area contributed by atoms with Gasteiger partial charge in [0, 0.05) is 88.7 Å². The summed E-state index contributed by atoms with van der Waals surface area (Å²) >= 11 is 0. The van der Waals surface area contributed by atoms with Crippen molar-refractivity contribution >= 4 is 144 Å². The van der Waals surface area contributed by atoms with Crippen molar-refractivity contribution in [3.8, 4) is 100 Å². The molecule has 0 bridgehead atoms. The third-order valence-corrected chi connectivity index (χ3v) is 27.1. The molecule has 0 atom stereocenters. The van der Waals surface area contributed by atoms with Crippen molar-refractivity contribution in [3.63, 3.8) is 0 Å². The summed E-state index contributed by atoms with van der Waals surface area (Å²) in [6, 6.07) is 170. The summed E-state index contributed by atoms with van der Waals surface area (Å²) in [6.07, 6.45) is 0. The molecule has 5 heteroatoms. The molecule has 594 valence electrons. The standard InChI is InChI=1S/C122H83BN4/c1-122(2,3)92-74-115-117-116(75-92)127(121-105(84-40-18-8-19-41-84)72-91(79-34-12-5-13-35-79)73-106(121)85-42-20-9-21-43-85)114-77-94(125-112-67-59-89(98-55-31-49-81-45-23-27-51-96(81)98)69-108(112)102-63-57-87-47-25-29-53-100(87)119(102)125)61-65-110(114)123(117)109-64-60-93(76-113(109)126(115)120-103(82-36-14-6-15-37-82)70-90(78-32-10-4-11-33-78)71-104(120)83-38-16-7-17-39-83)124-111-66-58-88(97-54-30-48-80-44-22-26-50-95(80)97)68-107(111)101-62-56-86-46-24-28-52-99(86)118(101)124/h4-77H,1-3H3. The summed E-state index contributed by atoms with van der Waals surface area (Å²) in [5.41, 5.74) is 36.0. The van der Waals surface area contributed by atoms with E-state index in [1.807, 2.05) is 0 Å². The third-order valence-electron chi connectivity index (χ3n) is 27.1. The monoisotopic (exact) mass is 1610 g/mol. The Kier molecular flexibility index (Phi) is 17.0. The van der Waals surface area contributed by atoms with Crippen LogP contribution in [0.1, 0.15) is 26.3 Å². The second-order valence-electron chi connectivity index (χ2n) is 35.4. The molecule has 4 nitrogen and oxygen atoms in total. The lowest BCUT2D eigenvalue weighted by molar-refractivity contribution is 0.590. The summed E-state index contributed by atoms with van der Waals surface area (Å²) in [4.78, 5) is 5.49. The molecule has 2 aliphatic heterocycles. The third kappa shape index (κ3) is 11.9. The smallest absolute Gasteiger partial charge is 0.252 e. The van der Waals surface area contributed by atoms with Crippen LogP contribution in [0.2, 0.25) is 0 Å². The van der Waals surface area contributed by atoms with Crippen molar-refractivity contribution < 1.29 is 0 Å². The predicted octanol–water partition coefficient (Wildman–Crippen LogP) is 31.2. The van der Waals surface area contributed by atoms with Crippen LogP contribution in [0, 0.1) is 0 Å². The van der Waals surface area contributed by atoms with E-state index >= 15 is 0 Å². The van der Waals surface area contributed by atoms with Crippen molar-refractivity contribution in [2.75, 3.05) is 9.80 Å². The Bertz CT molecular complexity index is 7800. The maximum Gasteiger partial charge on any atom is 0.252 e. The highest BCUT2D eigenvalue weighted by Crippen LogP contribution is 2.57. The second-order valence-corrected chi connectivity index (χ2v) is 35.4. The minimum atomic E-state index is -0.407. The van der Waals surface area contributed by atoms with Gasteiger partial charge in [-0.05, 0) is 211 Å². The molecule has 127 heavy (non-hydrogen) atoms. The molecule has 0 unspecified atom stereocenters. The number of anilines is 6. The number of aromatic nitrogens is 2. The van der Waals surface area contributed by atoms with Gasteiger partial charge in [0.25, 0.3) is 6.71 Å². The first kappa shape index (κ1) is 73.6. The van der Waals surface area contributed by atoms with Gasteiger partial charge in [0.1, 0.15) is 0 Å². The lowest BCUT2D eigenvalue weighted by Crippen LogP contribution is -2.61. The molecule has 4 heterocycles. The summed E-state index contributed by atoms with van der Waals surface area (Å²) in [7, 11) is 0. The van der Waals surface area contributed by atoms with Crippen LogP contribution < -0.4 is 26.2 Å². The van der Waals surface area contributed by atoms with E-state index in [1.165, 1.54) is 120 Å². The molecular weight excluding hydrogens is 1530 g/mol. The minimum absolute atomic E-state index is 0.336. The van der Waals surface area contributed by atoms with Crippen molar-refractivity contribution in [2.24, 2.45) is 0 Å². The van der Waals surface area contributed by atoms with Gasteiger partial charge in [0.2, 0.25) is 0 Å². The minimum Gasteiger partial charge on any atom is -0.310 e. The maximum absolute atomic E-state index is 2.75. The topological polar surface area (TPSA) is 16.3 Å². The van der Waals surface area contributed by atoms with Crippen molar-refractivity contribution in [2.45, 2.75) is 26.2 Å². The molecule has 2 aromatic heterocycles. The van der Waals surface area contributed by atoms with Crippen LogP contribution in [0.3, 0.4) is 0 Å². The van der Waals surface area contributed by atoms with E-state index in [0.29, 0.717) is 0 Å². The van der Waals surface area contributed by atoms with Gasteiger partial charge in [-0.15, -0.1) is 0 Å². The molecule has 23 aromatic rings. The quantitative estimate of drug-likeness (QED) is 0.113. The Morgan fingerprint density at radius 3 is 0.890 bits per heavy atom. The summed E-state index contributed by atoms with van der Waals surface area (Å²) in [6.45, 7) is 6.89. The molecule has 25 rings (SSSR count).